The molecule has 4 rings (SSSR count). The fourth-order valence-electron chi connectivity index (χ4n) is 5.48. The monoisotopic (exact) mass is 442 g/mol. The molecule has 0 saturated heterocycles. The van der Waals surface area contributed by atoms with E-state index in [1.54, 1.807) is 6.07 Å². The average molecular weight is 443 g/mol. The van der Waals surface area contributed by atoms with E-state index in [1.165, 1.54) is 62.5 Å². The SMILES string of the molecule is CCCCCC1CCC(c2ccc(-c3ccc(-c4ccc(CCC)cc4)c(F)c3)cc2)CC1. The van der Waals surface area contributed by atoms with Gasteiger partial charge in [-0.05, 0) is 77.8 Å². The number of rotatable bonds is 9. The number of halogens is 1. The summed E-state index contributed by atoms with van der Waals surface area (Å²) in [5.41, 5.74) is 6.42. The van der Waals surface area contributed by atoms with E-state index < -0.39 is 0 Å². The lowest BCUT2D eigenvalue weighted by Gasteiger charge is -2.29. The van der Waals surface area contributed by atoms with E-state index in [4.69, 9.17) is 0 Å². The third kappa shape index (κ3) is 6.14. The van der Waals surface area contributed by atoms with Crippen LogP contribution in [0.5, 0.6) is 0 Å². The lowest BCUT2D eigenvalue weighted by atomic mass is 9.77. The number of hydrogen-bond acceptors (Lipinski definition) is 0. The zero-order chi connectivity index (χ0) is 23.0. The minimum Gasteiger partial charge on any atom is -0.206 e. The van der Waals surface area contributed by atoms with Crippen LogP contribution in [0.25, 0.3) is 22.3 Å². The Balaban J connectivity index is 1.39. The van der Waals surface area contributed by atoms with Crippen molar-refractivity contribution in [2.45, 2.75) is 84.0 Å². The highest BCUT2D eigenvalue weighted by molar-refractivity contribution is 5.71. The molecule has 0 aliphatic heterocycles. The molecule has 3 aromatic carbocycles. The van der Waals surface area contributed by atoms with Crippen molar-refractivity contribution in [1.82, 2.24) is 0 Å². The standard InChI is InChI=1S/C32H39F/c1-3-5-6-8-25-9-13-26(14-10-25)27-17-19-28(20-18-27)30-21-22-31(32(33)23-30)29-15-11-24(7-4-2)12-16-29/h11-12,15-23,25-26H,3-10,13-14H2,1-2H3. The highest BCUT2D eigenvalue weighted by atomic mass is 19.1. The smallest absolute Gasteiger partial charge is 0.131 e. The van der Waals surface area contributed by atoms with Crippen molar-refractivity contribution in [3.8, 4) is 22.3 Å². The molecular formula is C32H39F. The van der Waals surface area contributed by atoms with Crippen LogP contribution in [0.3, 0.4) is 0 Å². The maximum atomic E-state index is 15.0. The molecule has 0 unspecified atom stereocenters. The van der Waals surface area contributed by atoms with E-state index in [0.29, 0.717) is 11.5 Å². The van der Waals surface area contributed by atoms with Gasteiger partial charge in [0.15, 0.2) is 0 Å². The van der Waals surface area contributed by atoms with E-state index in [0.717, 1.165) is 35.4 Å². The van der Waals surface area contributed by atoms with Gasteiger partial charge in [0, 0.05) is 5.56 Å². The van der Waals surface area contributed by atoms with Crippen molar-refractivity contribution in [1.29, 1.82) is 0 Å². The molecule has 1 heteroatoms. The molecule has 0 nitrogen and oxygen atoms in total. The van der Waals surface area contributed by atoms with Crippen molar-refractivity contribution in [3.05, 3.63) is 83.7 Å². The first kappa shape index (κ1) is 23.7. The third-order valence-corrected chi connectivity index (χ3v) is 7.55. The second-order valence-corrected chi connectivity index (χ2v) is 9.98. The molecule has 0 aromatic heterocycles. The third-order valence-electron chi connectivity index (χ3n) is 7.55. The fraction of sp³-hybridized carbons (Fsp3) is 0.438. The maximum Gasteiger partial charge on any atom is 0.131 e. The molecule has 3 aromatic rings. The van der Waals surface area contributed by atoms with Crippen LogP contribution in [0.2, 0.25) is 0 Å². The maximum absolute atomic E-state index is 15.0. The molecule has 1 fully saturated rings. The zero-order valence-electron chi connectivity index (χ0n) is 20.5. The number of unbranched alkanes of at least 4 members (excludes halogenated alkanes) is 2. The molecule has 1 saturated carbocycles. The Bertz CT molecular complexity index is 992. The van der Waals surface area contributed by atoms with Gasteiger partial charge in [-0.15, -0.1) is 0 Å². The van der Waals surface area contributed by atoms with Gasteiger partial charge in [0.05, 0.1) is 0 Å². The van der Waals surface area contributed by atoms with E-state index in [9.17, 15) is 4.39 Å². The highest BCUT2D eigenvalue weighted by Crippen LogP contribution is 2.38. The lowest BCUT2D eigenvalue weighted by molar-refractivity contribution is 0.303. The van der Waals surface area contributed by atoms with Gasteiger partial charge < -0.3 is 0 Å². The van der Waals surface area contributed by atoms with E-state index in [1.807, 2.05) is 18.2 Å². The van der Waals surface area contributed by atoms with Crippen LogP contribution in [0.1, 0.15) is 88.7 Å². The molecule has 33 heavy (non-hydrogen) atoms. The molecule has 0 bridgehead atoms. The first-order valence-electron chi connectivity index (χ1n) is 13.2. The van der Waals surface area contributed by atoms with Crippen molar-refractivity contribution >= 4 is 0 Å². The Kier molecular flexibility index (Phi) is 8.37. The zero-order valence-corrected chi connectivity index (χ0v) is 20.5. The van der Waals surface area contributed by atoms with Crippen molar-refractivity contribution < 1.29 is 4.39 Å². The molecule has 0 radical (unpaired) electrons. The van der Waals surface area contributed by atoms with Crippen LogP contribution < -0.4 is 0 Å². The van der Waals surface area contributed by atoms with Gasteiger partial charge in [0.25, 0.3) is 0 Å². The predicted octanol–water partition coefficient (Wildman–Crippen LogP) is 9.97. The second kappa shape index (κ2) is 11.6. The lowest BCUT2D eigenvalue weighted by Crippen LogP contribution is -2.13. The molecule has 0 spiro atoms. The van der Waals surface area contributed by atoms with Crippen molar-refractivity contribution in [2.75, 3.05) is 0 Å². The van der Waals surface area contributed by atoms with Gasteiger partial charge in [0.1, 0.15) is 5.82 Å². The topological polar surface area (TPSA) is 0 Å². The number of hydrogen-bond donors (Lipinski definition) is 0. The molecule has 174 valence electrons. The van der Waals surface area contributed by atoms with Crippen molar-refractivity contribution in [2.24, 2.45) is 5.92 Å². The van der Waals surface area contributed by atoms with Gasteiger partial charge in [-0.25, -0.2) is 4.39 Å². The Morgan fingerprint density at radius 2 is 1.36 bits per heavy atom. The summed E-state index contributed by atoms with van der Waals surface area (Å²) in [6, 6.07) is 22.9. The molecule has 0 atom stereocenters. The Labute approximate surface area is 200 Å². The minimum absolute atomic E-state index is 0.152. The van der Waals surface area contributed by atoms with Crippen LogP contribution in [0.15, 0.2) is 66.7 Å². The Morgan fingerprint density at radius 1 is 0.697 bits per heavy atom. The van der Waals surface area contributed by atoms with E-state index in [-0.39, 0.29) is 5.82 Å². The summed E-state index contributed by atoms with van der Waals surface area (Å²) in [5, 5.41) is 0. The van der Waals surface area contributed by atoms with Gasteiger partial charge >= 0.3 is 0 Å². The Hall–Kier alpha value is -2.41. The average Bonchev–Trinajstić information content (AvgIpc) is 2.86. The molecule has 1 aliphatic carbocycles. The molecule has 0 N–H and O–H groups in total. The first-order chi connectivity index (χ1) is 16.2. The first-order valence-corrected chi connectivity index (χ1v) is 13.2. The second-order valence-electron chi connectivity index (χ2n) is 9.98. The van der Waals surface area contributed by atoms with Gasteiger partial charge in [0.2, 0.25) is 0 Å². The summed E-state index contributed by atoms with van der Waals surface area (Å²) >= 11 is 0. The van der Waals surface area contributed by atoms with Crippen molar-refractivity contribution in [3.63, 3.8) is 0 Å². The summed E-state index contributed by atoms with van der Waals surface area (Å²) in [6.45, 7) is 4.47. The normalized spacial score (nSPS) is 18.4. The van der Waals surface area contributed by atoms with Crippen LogP contribution >= 0.6 is 0 Å². The number of aryl methyl sites for hydroxylation is 1. The van der Waals surface area contributed by atoms with Gasteiger partial charge in [-0.2, -0.15) is 0 Å². The summed E-state index contributed by atoms with van der Waals surface area (Å²) < 4.78 is 15.0. The fourth-order valence-corrected chi connectivity index (χ4v) is 5.48. The quantitative estimate of drug-likeness (QED) is 0.289. The Morgan fingerprint density at radius 3 is 2.00 bits per heavy atom. The van der Waals surface area contributed by atoms with E-state index >= 15 is 0 Å². The molecule has 1 aliphatic rings. The summed E-state index contributed by atoms with van der Waals surface area (Å²) in [4.78, 5) is 0. The predicted molar refractivity (Wildman–Crippen MR) is 140 cm³/mol. The largest absolute Gasteiger partial charge is 0.206 e. The summed E-state index contributed by atoms with van der Waals surface area (Å²) in [7, 11) is 0. The van der Waals surface area contributed by atoms with Crippen LogP contribution in [0.4, 0.5) is 4.39 Å². The van der Waals surface area contributed by atoms with Crippen LogP contribution in [-0.4, -0.2) is 0 Å². The molecular weight excluding hydrogens is 403 g/mol. The minimum atomic E-state index is -0.152. The molecule has 0 heterocycles. The summed E-state index contributed by atoms with van der Waals surface area (Å²) in [5.74, 6) is 1.48. The van der Waals surface area contributed by atoms with Gasteiger partial charge in [-0.1, -0.05) is 107 Å². The van der Waals surface area contributed by atoms with E-state index in [2.05, 4.69) is 56.3 Å². The van der Waals surface area contributed by atoms with Crippen LogP contribution in [0, 0.1) is 11.7 Å². The van der Waals surface area contributed by atoms with Crippen LogP contribution in [-0.2, 0) is 6.42 Å². The molecule has 0 amide bonds. The highest BCUT2D eigenvalue weighted by Gasteiger charge is 2.22. The van der Waals surface area contributed by atoms with Gasteiger partial charge in [-0.3, -0.25) is 0 Å². The number of benzene rings is 3. The summed E-state index contributed by atoms with van der Waals surface area (Å²) in [6.07, 6.45) is 13.1.